The monoisotopic (exact) mass is 433 g/mol. The minimum Gasteiger partial charge on any atom is -0.495 e. The number of ether oxygens (including phenoxy) is 2. The second-order valence-electron chi connectivity index (χ2n) is 6.11. The molecule has 2 aromatic carbocycles. The lowest BCUT2D eigenvalue weighted by atomic mass is 10.2. The number of halogens is 1. The molecule has 0 atom stereocenters. The van der Waals surface area contributed by atoms with E-state index in [-0.39, 0.29) is 17.9 Å². The first-order valence-electron chi connectivity index (χ1n) is 8.74. The average molecular weight is 434 g/mol. The number of hydrogen-bond donors (Lipinski definition) is 1. The Labute approximate surface area is 177 Å². The van der Waals surface area contributed by atoms with Gasteiger partial charge in [0.05, 0.1) is 35.8 Å². The van der Waals surface area contributed by atoms with E-state index >= 15 is 0 Å². The number of fused-ring (bicyclic) bond motifs is 1. The molecule has 0 unspecified atom stereocenters. The Morgan fingerprint density at radius 1 is 1.21 bits per heavy atom. The SMILES string of the molecule is COc1cc(OC)c(NC(=O)CCSc2nc3ccccc3c(=O)n2C)cc1Cl. The molecule has 3 rings (SSSR count). The van der Waals surface area contributed by atoms with Crippen molar-refractivity contribution in [2.24, 2.45) is 7.05 Å². The van der Waals surface area contributed by atoms with Gasteiger partial charge in [0.2, 0.25) is 5.91 Å². The molecule has 0 saturated carbocycles. The summed E-state index contributed by atoms with van der Waals surface area (Å²) in [6.07, 6.45) is 0.222. The highest BCUT2D eigenvalue weighted by molar-refractivity contribution is 7.99. The maximum absolute atomic E-state index is 12.4. The number of benzene rings is 2. The Morgan fingerprint density at radius 2 is 1.93 bits per heavy atom. The fraction of sp³-hybridized carbons (Fsp3) is 0.250. The molecule has 0 aliphatic heterocycles. The van der Waals surface area contributed by atoms with Crippen LogP contribution in [0.25, 0.3) is 10.9 Å². The summed E-state index contributed by atoms with van der Waals surface area (Å²) < 4.78 is 11.9. The van der Waals surface area contributed by atoms with Gasteiger partial charge in [0.25, 0.3) is 5.56 Å². The third-order valence-electron chi connectivity index (χ3n) is 4.25. The van der Waals surface area contributed by atoms with Crippen LogP contribution in [-0.4, -0.2) is 35.4 Å². The highest BCUT2D eigenvalue weighted by atomic mass is 35.5. The maximum atomic E-state index is 12.4. The van der Waals surface area contributed by atoms with Crippen LogP contribution in [0, 0.1) is 0 Å². The minimum absolute atomic E-state index is 0.111. The lowest BCUT2D eigenvalue weighted by Gasteiger charge is -2.13. The van der Waals surface area contributed by atoms with E-state index in [0.29, 0.717) is 44.0 Å². The molecule has 7 nitrogen and oxygen atoms in total. The second kappa shape index (κ2) is 9.19. The predicted molar refractivity (Wildman–Crippen MR) is 116 cm³/mol. The van der Waals surface area contributed by atoms with Crippen LogP contribution in [0.1, 0.15) is 6.42 Å². The number of anilines is 1. The largest absolute Gasteiger partial charge is 0.495 e. The van der Waals surface area contributed by atoms with Gasteiger partial charge in [-0.3, -0.25) is 14.2 Å². The molecular weight excluding hydrogens is 414 g/mol. The number of nitrogens with one attached hydrogen (secondary N) is 1. The molecule has 0 radical (unpaired) electrons. The van der Waals surface area contributed by atoms with Gasteiger partial charge in [0.1, 0.15) is 11.5 Å². The Kier molecular flexibility index (Phi) is 6.66. The molecule has 1 aromatic heterocycles. The Bertz CT molecular complexity index is 1120. The van der Waals surface area contributed by atoms with Crippen LogP contribution < -0.4 is 20.3 Å². The van der Waals surface area contributed by atoms with Gasteiger partial charge in [-0.05, 0) is 18.2 Å². The van der Waals surface area contributed by atoms with Crippen LogP contribution in [0.15, 0.2) is 46.3 Å². The molecule has 0 bridgehead atoms. The van der Waals surface area contributed by atoms with Gasteiger partial charge in [-0.25, -0.2) is 4.98 Å². The van der Waals surface area contributed by atoms with Crippen molar-refractivity contribution in [3.05, 3.63) is 51.8 Å². The number of rotatable bonds is 7. The highest BCUT2D eigenvalue weighted by Gasteiger charge is 2.13. The van der Waals surface area contributed by atoms with E-state index in [0.717, 1.165) is 0 Å². The van der Waals surface area contributed by atoms with Crippen LogP contribution in [0.3, 0.4) is 0 Å². The Morgan fingerprint density at radius 3 is 2.66 bits per heavy atom. The van der Waals surface area contributed by atoms with E-state index < -0.39 is 0 Å². The third-order valence-corrected chi connectivity index (χ3v) is 5.58. The molecule has 1 N–H and O–H groups in total. The van der Waals surface area contributed by atoms with Gasteiger partial charge >= 0.3 is 0 Å². The van der Waals surface area contributed by atoms with Crippen molar-refractivity contribution >= 4 is 45.9 Å². The zero-order valence-corrected chi connectivity index (χ0v) is 17.8. The molecule has 0 fully saturated rings. The molecule has 29 heavy (non-hydrogen) atoms. The Balaban J connectivity index is 1.67. The summed E-state index contributed by atoms with van der Waals surface area (Å²) in [4.78, 5) is 29.3. The standard InChI is InChI=1S/C20H20ClN3O4S/c1-24-19(26)12-6-4-5-7-14(12)23-20(24)29-9-8-18(25)22-15-10-13(21)16(27-2)11-17(15)28-3/h4-7,10-11H,8-9H2,1-3H3,(H,22,25). The molecule has 9 heteroatoms. The van der Waals surface area contributed by atoms with E-state index in [4.69, 9.17) is 21.1 Å². The number of carbonyl (C=O) groups excluding carboxylic acids is 1. The molecule has 0 aliphatic rings. The van der Waals surface area contributed by atoms with Gasteiger partial charge in [-0.15, -0.1) is 0 Å². The summed E-state index contributed by atoms with van der Waals surface area (Å²) in [6.45, 7) is 0. The predicted octanol–water partition coefficient (Wildman–Crippen LogP) is 3.73. The molecule has 0 saturated heterocycles. The van der Waals surface area contributed by atoms with Gasteiger partial charge in [0.15, 0.2) is 5.16 Å². The molecule has 1 heterocycles. The van der Waals surface area contributed by atoms with Crippen LogP contribution in [0.4, 0.5) is 5.69 Å². The molecule has 0 aliphatic carbocycles. The van der Waals surface area contributed by atoms with Gasteiger partial charge in [0, 0.05) is 25.3 Å². The number of carbonyl (C=O) groups is 1. The van der Waals surface area contributed by atoms with Crippen LogP contribution >= 0.6 is 23.4 Å². The highest BCUT2D eigenvalue weighted by Crippen LogP contribution is 2.36. The molecule has 1 amide bonds. The molecule has 0 spiro atoms. The van der Waals surface area contributed by atoms with Gasteiger partial charge in [-0.2, -0.15) is 0 Å². The lowest BCUT2D eigenvalue weighted by Crippen LogP contribution is -2.20. The van der Waals surface area contributed by atoms with E-state index in [1.54, 1.807) is 31.3 Å². The zero-order chi connectivity index (χ0) is 21.0. The number of amides is 1. The van der Waals surface area contributed by atoms with Gasteiger partial charge in [-0.1, -0.05) is 35.5 Å². The van der Waals surface area contributed by atoms with E-state index in [2.05, 4.69) is 10.3 Å². The number of para-hydroxylation sites is 1. The minimum atomic E-state index is -0.206. The number of thioether (sulfide) groups is 1. The summed E-state index contributed by atoms with van der Waals surface area (Å²) in [5.41, 5.74) is 0.991. The van der Waals surface area contributed by atoms with Crippen molar-refractivity contribution in [3.8, 4) is 11.5 Å². The fourth-order valence-corrected chi connectivity index (χ4v) is 3.88. The quantitative estimate of drug-likeness (QED) is 0.451. The maximum Gasteiger partial charge on any atom is 0.261 e. The first-order valence-corrected chi connectivity index (χ1v) is 10.1. The Hall–Kier alpha value is -2.71. The molecule has 3 aromatic rings. The number of methoxy groups -OCH3 is 2. The fourth-order valence-electron chi connectivity index (χ4n) is 2.73. The van der Waals surface area contributed by atoms with Gasteiger partial charge < -0.3 is 14.8 Å². The normalized spacial score (nSPS) is 10.8. The third kappa shape index (κ3) is 4.65. The second-order valence-corrected chi connectivity index (χ2v) is 7.58. The average Bonchev–Trinajstić information content (AvgIpc) is 2.72. The summed E-state index contributed by atoms with van der Waals surface area (Å²) in [5, 5.41) is 4.29. The number of nitrogens with zero attached hydrogens (tertiary/aromatic N) is 2. The van der Waals surface area contributed by atoms with Crippen molar-refractivity contribution in [1.29, 1.82) is 0 Å². The van der Waals surface area contributed by atoms with Crippen molar-refractivity contribution in [2.45, 2.75) is 11.6 Å². The number of hydrogen-bond acceptors (Lipinski definition) is 6. The molecule has 152 valence electrons. The summed E-state index contributed by atoms with van der Waals surface area (Å²) in [6, 6.07) is 10.4. The summed E-state index contributed by atoms with van der Waals surface area (Å²) in [7, 11) is 4.68. The van der Waals surface area contributed by atoms with Crippen molar-refractivity contribution in [1.82, 2.24) is 9.55 Å². The zero-order valence-electron chi connectivity index (χ0n) is 16.2. The number of aromatic nitrogens is 2. The lowest BCUT2D eigenvalue weighted by molar-refractivity contribution is -0.115. The summed E-state index contributed by atoms with van der Waals surface area (Å²) in [5.74, 6) is 1.16. The van der Waals surface area contributed by atoms with Crippen molar-refractivity contribution < 1.29 is 14.3 Å². The van der Waals surface area contributed by atoms with E-state index in [1.807, 2.05) is 12.1 Å². The van der Waals surface area contributed by atoms with Crippen LogP contribution in [0.2, 0.25) is 5.02 Å². The van der Waals surface area contributed by atoms with Crippen molar-refractivity contribution in [3.63, 3.8) is 0 Å². The van der Waals surface area contributed by atoms with E-state index in [1.165, 1.54) is 30.5 Å². The topological polar surface area (TPSA) is 82.5 Å². The summed E-state index contributed by atoms with van der Waals surface area (Å²) >= 11 is 7.48. The smallest absolute Gasteiger partial charge is 0.261 e. The first kappa shape index (κ1) is 21.0. The molecular formula is C20H20ClN3O4S. The van der Waals surface area contributed by atoms with Crippen molar-refractivity contribution in [2.75, 3.05) is 25.3 Å². The van der Waals surface area contributed by atoms with E-state index in [9.17, 15) is 9.59 Å². The first-order chi connectivity index (χ1) is 13.9. The van der Waals surface area contributed by atoms with Crippen LogP contribution in [0.5, 0.6) is 11.5 Å². The van der Waals surface area contributed by atoms with Crippen LogP contribution in [-0.2, 0) is 11.8 Å².